The van der Waals surface area contributed by atoms with E-state index >= 15 is 0 Å². The van der Waals surface area contributed by atoms with Gasteiger partial charge >= 0.3 is 0 Å². The van der Waals surface area contributed by atoms with Crippen LogP contribution in [-0.4, -0.2) is 11.9 Å². The fourth-order valence-corrected chi connectivity index (χ4v) is 5.10. The molecule has 0 saturated heterocycles. The number of halogens is 1. The summed E-state index contributed by atoms with van der Waals surface area (Å²) in [5.41, 5.74) is 1.99. The summed E-state index contributed by atoms with van der Waals surface area (Å²) in [6.45, 7) is 0. The third kappa shape index (κ3) is 4.04. The van der Waals surface area contributed by atoms with Crippen molar-refractivity contribution in [3.8, 4) is 0 Å². The molecule has 2 fully saturated rings. The molecule has 2 bridgehead atoms. The highest BCUT2D eigenvalue weighted by Gasteiger charge is 2.40. The van der Waals surface area contributed by atoms with E-state index < -0.39 is 0 Å². The molecule has 2 nitrogen and oxygen atoms in total. The Morgan fingerprint density at radius 1 is 1.04 bits per heavy atom. The lowest BCUT2D eigenvalue weighted by Crippen LogP contribution is -2.38. The quantitative estimate of drug-likeness (QED) is 0.698. The zero-order valence-corrected chi connectivity index (χ0v) is 15.7. The largest absolute Gasteiger partial charge is 0.349 e. The van der Waals surface area contributed by atoms with Crippen LogP contribution in [0.5, 0.6) is 0 Å². The van der Waals surface area contributed by atoms with E-state index in [1.54, 1.807) is 11.8 Å². The average Bonchev–Trinajstić information content (AvgIpc) is 3.25. The summed E-state index contributed by atoms with van der Waals surface area (Å²) in [5, 5.41) is 4.01. The Morgan fingerprint density at radius 3 is 2.44 bits per heavy atom. The first-order chi connectivity index (χ1) is 12.2. The molecule has 1 amide bonds. The summed E-state index contributed by atoms with van der Waals surface area (Å²) in [6.07, 6.45) is 5.13. The minimum Gasteiger partial charge on any atom is -0.349 e. The van der Waals surface area contributed by atoms with Crippen LogP contribution in [0.25, 0.3) is 0 Å². The molecule has 0 aliphatic heterocycles. The molecule has 2 aliphatic carbocycles. The first-order valence-corrected chi connectivity index (χ1v) is 10.3. The minimum absolute atomic E-state index is 0.0782. The van der Waals surface area contributed by atoms with Gasteiger partial charge in [-0.15, -0.1) is 11.8 Å². The lowest BCUT2D eigenvalue weighted by Gasteiger charge is -2.22. The second-order valence-corrected chi connectivity index (χ2v) is 8.68. The molecular weight excluding hydrogens is 350 g/mol. The Labute approximate surface area is 158 Å². The van der Waals surface area contributed by atoms with Gasteiger partial charge < -0.3 is 5.32 Å². The number of amides is 1. The maximum atomic E-state index is 12.5. The van der Waals surface area contributed by atoms with E-state index in [0.29, 0.717) is 12.0 Å². The van der Waals surface area contributed by atoms with Gasteiger partial charge in [0, 0.05) is 27.3 Å². The maximum Gasteiger partial charge on any atom is 0.251 e. The van der Waals surface area contributed by atoms with Crippen molar-refractivity contribution in [1.82, 2.24) is 5.32 Å². The van der Waals surface area contributed by atoms with Crippen LogP contribution in [0.3, 0.4) is 0 Å². The fraction of sp³-hybridized carbons (Fsp3) is 0.381. The van der Waals surface area contributed by atoms with Gasteiger partial charge in [-0.3, -0.25) is 4.79 Å². The molecule has 0 heterocycles. The van der Waals surface area contributed by atoms with Crippen LogP contribution in [0.15, 0.2) is 53.4 Å². The molecule has 3 atom stereocenters. The molecule has 25 heavy (non-hydrogen) atoms. The smallest absolute Gasteiger partial charge is 0.251 e. The molecule has 1 N–H and O–H groups in total. The fourth-order valence-electron chi connectivity index (χ4n) is 4.12. The number of carbonyl (C=O) groups is 1. The van der Waals surface area contributed by atoms with E-state index in [9.17, 15) is 4.79 Å². The van der Waals surface area contributed by atoms with Crippen molar-refractivity contribution >= 4 is 29.3 Å². The molecule has 2 aromatic rings. The van der Waals surface area contributed by atoms with E-state index in [4.69, 9.17) is 11.6 Å². The molecule has 130 valence electrons. The van der Waals surface area contributed by atoms with Crippen molar-refractivity contribution < 1.29 is 4.79 Å². The molecule has 0 radical (unpaired) electrons. The van der Waals surface area contributed by atoms with Crippen LogP contribution in [0.1, 0.15) is 41.6 Å². The van der Waals surface area contributed by atoms with E-state index in [0.717, 1.165) is 22.3 Å². The van der Waals surface area contributed by atoms with Crippen LogP contribution in [0.2, 0.25) is 5.02 Å². The Balaban J connectivity index is 1.31. The molecule has 4 rings (SSSR count). The Hall–Kier alpha value is -1.45. The number of carbonyl (C=O) groups excluding carboxylic acids is 1. The van der Waals surface area contributed by atoms with Gasteiger partial charge in [0.15, 0.2) is 0 Å². The van der Waals surface area contributed by atoms with Crippen molar-refractivity contribution in [3.05, 3.63) is 64.7 Å². The van der Waals surface area contributed by atoms with Gasteiger partial charge in [0.25, 0.3) is 5.91 Å². The number of thioether (sulfide) groups is 1. The van der Waals surface area contributed by atoms with Crippen molar-refractivity contribution in [2.24, 2.45) is 11.8 Å². The normalized spacial score (nSPS) is 24.4. The van der Waals surface area contributed by atoms with Crippen LogP contribution in [0, 0.1) is 11.8 Å². The summed E-state index contributed by atoms with van der Waals surface area (Å²) < 4.78 is 0. The summed E-state index contributed by atoms with van der Waals surface area (Å²) in [7, 11) is 0. The van der Waals surface area contributed by atoms with E-state index in [1.807, 2.05) is 36.4 Å². The lowest BCUT2D eigenvalue weighted by molar-refractivity contribution is 0.0923. The van der Waals surface area contributed by atoms with E-state index in [2.05, 4.69) is 17.4 Å². The van der Waals surface area contributed by atoms with Gasteiger partial charge in [-0.05, 0) is 73.1 Å². The number of fused-ring (bicyclic) bond motifs is 2. The monoisotopic (exact) mass is 371 g/mol. The number of nitrogens with one attached hydrogen (secondary N) is 1. The van der Waals surface area contributed by atoms with Crippen LogP contribution in [-0.2, 0) is 5.75 Å². The highest BCUT2D eigenvalue weighted by molar-refractivity contribution is 7.98. The number of hydrogen-bond acceptors (Lipinski definition) is 2. The van der Waals surface area contributed by atoms with Crippen molar-refractivity contribution in [3.63, 3.8) is 0 Å². The minimum atomic E-state index is 0.0782. The molecule has 0 aromatic heterocycles. The van der Waals surface area contributed by atoms with Crippen LogP contribution in [0.4, 0.5) is 0 Å². The topological polar surface area (TPSA) is 29.1 Å². The second kappa shape index (κ2) is 7.43. The third-order valence-corrected chi connectivity index (χ3v) is 6.82. The van der Waals surface area contributed by atoms with Gasteiger partial charge in [-0.1, -0.05) is 30.2 Å². The zero-order chi connectivity index (χ0) is 17.2. The average molecular weight is 372 g/mol. The Morgan fingerprint density at radius 2 is 1.80 bits per heavy atom. The molecule has 4 heteroatoms. The van der Waals surface area contributed by atoms with Gasteiger partial charge in [0.05, 0.1) is 0 Å². The number of benzene rings is 2. The van der Waals surface area contributed by atoms with Crippen molar-refractivity contribution in [1.29, 1.82) is 0 Å². The second-order valence-electron chi connectivity index (χ2n) is 7.19. The van der Waals surface area contributed by atoms with Gasteiger partial charge in [-0.2, -0.15) is 0 Å². The highest BCUT2D eigenvalue weighted by atomic mass is 35.5. The summed E-state index contributed by atoms with van der Waals surface area (Å²) in [6, 6.07) is 16.3. The Bertz CT molecular complexity index is 743. The SMILES string of the molecule is O=C(N[C@@H]1C[C@@H]2CC[C@@H]1C2)c1ccc(CSc2ccc(Cl)cc2)cc1. The lowest BCUT2D eigenvalue weighted by atomic mass is 9.95. The molecule has 2 aliphatic rings. The van der Waals surface area contributed by atoms with Gasteiger partial charge in [0.1, 0.15) is 0 Å². The highest BCUT2D eigenvalue weighted by Crippen LogP contribution is 2.44. The number of hydrogen-bond donors (Lipinski definition) is 1. The summed E-state index contributed by atoms with van der Waals surface area (Å²) in [4.78, 5) is 13.7. The third-order valence-electron chi connectivity index (χ3n) is 5.49. The number of rotatable bonds is 5. The molecule has 0 spiro atoms. The first-order valence-electron chi connectivity index (χ1n) is 8.95. The summed E-state index contributed by atoms with van der Waals surface area (Å²) >= 11 is 7.68. The van der Waals surface area contributed by atoms with Gasteiger partial charge in [-0.25, -0.2) is 0 Å². The predicted molar refractivity (Wildman–Crippen MR) is 104 cm³/mol. The van der Waals surface area contributed by atoms with Crippen LogP contribution < -0.4 is 5.32 Å². The van der Waals surface area contributed by atoms with Gasteiger partial charge in [0.2, 0.25) is 0 Å². The predicted octanol–water partition coefficient (Wildman–Crippen LogP) is 5.55. The summed E-state index contributed by atoms with van der Waals surface area (Å²) in [5.74, 6) is 2.52. The standard InChI is InChI=1S/C21H22ClNOS/c22-18-7-9-19(10-8-18)25-13-14-1-4-16(5-2-14)21(24)23-20-12-15-3-6-17(20)11-15/h1-2,4-5,7-10,15,17,20H,3,6,11-13H2,(H,23,24)/t15-,17-,20-/m1/s1. The maximum absolute atomic E-state index is 12.5. The first kappa shape index (κ1) is 17.0. The molecule has 2 saturated carbocycles. The van der Waals surface area contributed by atoms with Crippen LogP contribution >= 0.6 is 23.4 Å². The molecule has 2 aromatic carbocycles. The van der Waals surface area contributed by atoms with E-state index in [1.165, 1.54) is 36.1 Å². The van der Waals surface area contributed by atoms with Crippen molar-refractivity contribution in [2.75, 3.05) is 0 Å². The zero-order valence-electron chi connectivity index (χ0n) is 14.1. The van der Waals surface area contributed by atoms with E-state index in [-0.39, 0.29) is 5.91 Å². The molecular formula is C21H22ClNOS. The Kier molecular flexibility index (Phi) is 5.05. The van der Waals surface area contributed by atoms with Crippen molar-refractivity contribution in [2.45, 2.75) is 42.4 Å². The molecule has 0 unspecified atom stereocenters.